The Labute approximate surface area is 145 Å². The number of likely N-dealkylation sites (tertiary alicyclic amines) is 1. The van der Waals surface area contributed by atoms with Gasteiger partial charge in [0.25, 0.3) is 0 Å². The highest BCUT2D eigenvalue weighted by Gasteiger charge is 2.29. The molecule has 0 bridgehead atoms. The van der Waals surface area contributed by atoms with Crippen molar-refractivity contribution in [2.45, 2.75) is 64.6 Å². The number of carbonyl (C=O) groups is 1. The SMILES string of the molecule is CC(C)(C)OC(=O)N1CCC(C(O)CCCc2ccncc2)CC1. The molecule has 1 aromatic heterocycles. The van der Waals surface area contributed by atoms with Crippen LogP contribution in [0.3, 0.4) is 0 Å². The summed E-state index contributed by atoms with van der Waals surface area (Å²) in [5.74, 6) is 0.279. The fourth-order valence-electron chi connectivity index (χ4n) is 3.09. The minimum Gasteiger partial charge on any atom is -0.444 e. The van der Waals surface area contributed by atoms with Crippen LogP contribution in [0.5, 0.6) is 0 Å². The zero-order valence-corrected chi connectivity index (χ0v) is 15.1. The molecule has 24 heavy (non-hydrogen) atoms. The van der Waals surface area contributed by atoms with Crippen LogP contribution >= 0.6 is 0 Å². The Morgan fingerprint density at radius 3 is 2.54 bits per heavy atom. The van der Waals surface area contributed by atoms with Gasteiger partial charge in [-0.15, -0.1) is 0 Å². The van der Waals surface area contributed by atoms with Gasteiger partial charge < -0.3 is 14.7 Å². The summed E-state index contributed by atoms with van der Waals surface area (Å²) in [5.41, 5.74) is 0.803. The number of rotatable bonds is 5. The Kier molecular flexibility index (Phi) is 6.60. The van der Waals surface area contributed by atoms with E-state index in [2.05, 4.69) is 4.98 Å². The van der Waals surface area contributed by atoms with Crippen molar-refractivity contribution in [1.82, 2.24) is 9.88 Å². The Hall–Kier alpha value is -1.62. The lowest BCUT2D eigenvalue weighted by atomic mass is 9.88. The van der Waals surface area contributed by atoms with E-state index in [1.54, 1.807) is 17.3 Å². The van der Waals surface area contributed by atoms with Crippen LogP contribution < -0.4 is 0 Å². The first-order chi connectivity index (χ1) is 11.3. The molecule has 2 rings (SSSR count). The third kappa shape index (κ3) is 6.11. The summed E-state index contributed by atoms with van der Waals surface area (Å²) < 4.78 is 5.41. The number of aliphatic hydroxyl groups is 1. The third-order valence-corrected chi connectivity index (χ3v) is 4.45. The highest BCUT2D eigenvalue weighted by molar-refractivity contribution is 5.68. The van der Waals surface area contributed by atoms with Crippen molar-refractivity contribution < 1.29 is 14.6 Å². The molecule has 5 nitrogen and oxygen atoms in total. The minimum atomic E-state index is -0.458. The maximum atomic E-state index is 12.1. The van der Waals surface area contributed by atoms with E-state index in [9.17, 15) is 9.90 Å². The quantitative estimate of drug-likeness (QED) is 0.896. The summed E-state index contributed by atoms with van der Waals surface area (Å²) in [5, 5.41) is 10.4. The summed E-state index contributed by atoms with van der Waals surface area (Å²) in [7, 11) is 0. The van der Waals surface area contributed by atoms with Crippen LogP contribution in [0.4, 0.5) is 4.79 Å². The van der Waals surface area contributed by atoms with E-state index in [0.717, 1.165) is 32.1 Å². The van der Waals surface area contributed by atoms with Crippen molar-refractivity contribution in [3.63, 3.8) is 0 Å². The molecule has 134 valence electrons. The lowest BCUT2D eigenvalue weighted by Gasteiger charge is -2.35. The maximum Gasteiger partial charge on any atom is 0.410 e. The number of aryl methyl sites for hydroxylation is 1. The normalized spacial score (nSPS) is 17.6. The second kappa shape index (κ2) is 8.47. The van der Waals surface area contributed by atoms with E-state index in [-0.39, 0.29) is 18.1 Å². The molecule has 0 radical (unpaired) electrons. The van der Waals surface area contributed by atoms with Crippen molar-refractivity contribution in [2.75, 3.05) is 13.1 Å². The second-order valence-electron chi connectivity index (χ2n) is 7.62. The van der Waals surface area contributed by atoms with Gasteiger partial charge in [0.05, 0.1) is 6.10 Å². The number of ether oxygens (including phenoxy) is 1. The number of aliphatic hydroxyl groups excluding tert-OH is 1. The standard InChI is InChI=1S/C19H30N2O3/c1-19(2,3)24-18(23)21-13-9-16(10-14-21)17(22)6-4-5-15-7-11-20-12-8-15/h7-8,11-12,16-17,22H,4-6,9-10,13-14H2,1-3H3. The van der Waals surface area contributed by atoms with Crippen LogP contribution in [-0.2, 0) is 11.2 Å². The molecule has 0 saturated carbocycles. The number of pyridine rings is 1. The summed E-state index contributed by atoms with van der Waals surface area (Å²) in [6.45, 7) is 6.97. The van der Waals surface area contributed by atoms with Crippen LogP contribution in [-0.4, -0.2) is 45.9 Å². The summed E-state index contributed by atoms with van der Waals surface area (Å²) in [6, 6.07) is 4.04. The number of piperidine rings is 1. The predicted octanol–water partition coefficient (Wildman–Crippen LogP) is 3.41. The number of hydrogen-bond donors (Lipinski definition) is 1. The molecule has 5 heteroatoms. The summed E-state index contributed by atoms with van der Waals surface area (Å²) in [4.78, 5) is 17.8. The number of amides is 1. The van der Waals surface area contributed by atoms with E-state index in [1.807, 2.05) is 32.9 Å². The minimum absolute atomic E-state index is 0.242. The predicted molar refractivity (Wildman–Crippen MR) is 93.7 cm³/mol. The van der Waals surface area contributed by atoms with Crippen LogP contribution in [0, 0.1) is 5.92 Å². The highest BCUT2D eigenvalue weighted by Crippen LogP contribution is 2.25. The first-order valence-electron chi connectivity index (χ1n) is 8.90. The lowest BCUT2D eigenvalue weighted by molar-refractivity contribution is 0.00665. The molecule has 0 aliphatic carbocycles. The topological polar surface area (TPSA) is 62.7 Å². The number of carbonyl (C=O) groups excluding carboxylic acids is 1. The Bertz CT molecular complexity index is 505. The molecule has 1 unspecified atom stereocenters. The van der Waals surface area contributed by atoms with Gasteiger partial charge in [-0.1, -0.05) is 0 Å². The van der Waals surface area contributed by atoms with Crippen LogP contribution in [0.25, 0.3) is 0 Å². The molecule has 1 aliphatic rings. The molecule has 1 aromatic rings. The van der Waals surface area contributed by atoms with Gasteiger partial charge >= 0.3 is 6.09 Å². The Morgan fingerprint density at radius 1 is 1.33 bits per heavy atom. The smallest absolute Gasteiger partial charge is 0.410 e. The monoisotopic (exact) mass is 334 g/mol. The van der Waals surface area contributed by atoms with Crippen molar-refractivity contribution in [2.24, 2.45) is 5.92 Å². The van der Waals surface area contributed by atoms with Crippen molar-refractivity contribution in [3.8, 4) is 0 Å². The van der Waals surface area contributed by atoms with Crippen molar-refractivity contribution in [3.05, 3.63) is 30.1 Å². The first kappa shape index (κ1) is 18.7. The second-order valence-corrected chi connectivity index (χ2v) is 7.62. The zero-order valence-electron chi connectivity index (χ0n) is 15.1. The van der Waals surface area contributed by atoms with Gasteiger partial charge in [0, 0.05) is 25.5 Å². The van der Waals surface area contributed by atoms with E-state index >= 15 is 0 Å². The highest BCUT2D eigenvalue weighted by atomic mass is 16.6. The van der Waals surface area contributed by atoms with Gasteiger partial charge in [0.1, 0.15) is 5.60 Å². The Balaban J connectivity index is 1.68. The summed E-state index contributed by atoms with van der Waals surface area (Å²) >= 11 is 0. The average Bonchev–Trinajstić information content (AvgIpc) is 2.54. The Morgan fingerprint density at radius 2 is 1.96 bits per heavy atom. The maximum absolute atomic E-state index is 12.1. The molecule has 0 spiro atoms. The van der Waals surface area contributed by atoms with Gasteiger partial charge in [-0.3, -0.25) is 4.98 Å². The van der Waals surface area contributed by atoms with Crippen molar-refractivity contribution in [1.29, 1.82) is 0 Å². The number of aromatic nitrogens is 1. The number of nitrogens with zero attached hydrogens (tertiary/aromatic N) is 2. The van der Waals surface area contributed by atoms with Crippen LogP contribution in [0.1, 0.15) is 52.0 Å². The van der Waals surface area contributed by atoms with E-state index in [1.165, 1.54) is 5.56 Å². The lowest BCUT2D eigenvalue weighted by Crippen LogP contribution is -2.43. The molecule has 1 aliphatic heterocycles. The average molecular weight is 334 g/mol. The molecule has 1 amide bonds. The fourth-order valence-corrected chi connectivity index (χ4v) is 3.09. The van der Waals surface area contributed by atoms with Gasteiger partial charge in [0.15, 0.2) is 0 Å². The van der Waals surface area contributed by atoms with Gasteiger partial charge in [0.2, 0.25) is 0 Å². The number of hydrogen-bond acceptors (Lipinski definition) is 4. The first-order valence-corrected chi connectivity index (χ1v) is 8.90. The van der Waals surface area contributed by atoms with Crippen LogP contribution in [0.15, 0.2) is 24.5 Å². The molecular weight excluding hydrogens is 304 g/mol. The van der Waals surface area contributed by atoms with E-state index in [0.29, 0.717) is 13.1 Å². The van der Waals surface area contributed by atoms with E-state index in [4.69, 9.17) is 4.74 Å². The zero-order chi connectivity index (χ0) is 17.6. The third-order valence-electron chi connectivity index (χ3n) is 4.45. The molecule has 1 saturated heterocycles. The van der Waals surface area contributed by atoms with Gasteiger partial charge in [-0.05, 0) is 76.5 Å². The van der Waals surface area contributed by atoms with Crippen LogP contribution in [0.2, 0.25) is 0 Å². The molecular formula is C19H30N2O3. The molecule has 1 fully saturated rings. The largest absolute Gasteiger partial charge is 0.444 e. The molecule has 1 N–H and O–H groups in total. The summed E-state index contributed by atoms with van der Waals surface area (Å²) in [6.07, 6.45) is 7.51. The fraction of sp³-hybridized carbons (Fsp3) is 0.684. The molecule has 2 heterocycles. The van der Waals surface area contributed by atoms with Crippen molar-refractivity contribution >= 4 is 6.09 Å². The van der Waals surface area contributed by atoms with Gasteiger partial charge in [-0.2, -0.15) is 0 Å². The molecule has 0 aromatic carbocycles. The van der Waals surface area contributed by atoms with E-state index < -0.39 is 5.60 Å². The molecule has 1 atom stereocenters. The van der Waals surface area contributed by atoms with Gasteiger partial charge in [-0.25, -0.2) is 4.79 Å².